The van der Waals surface area contributed by atoms with Crippen LogP contribution in [0.25, 0.3) is 11.3 Å². The molecule has 2 aromatic carbocycles. The Hall–Kier alpha value is -3.28. The standard InChI is InChI=1S/C22H26N4O2/c1-16-9-10-20(27-3)18(13-16)11-12-24-22(23-2)25-15-19-14-21(28-26-19)17-7-5-4-6-8-17/h4-10,13-14H,11-12,15H2,1-3H3,(H2,23,24,25). The molecule has 0 aliphatic carbocycles. The minimum atomic E-state index is 0.532. The van der Waals surface area contributed by atoms with Crippen LogP contribution in [0.4, 0.5) is 0 Å². The van der Waals surface area contributed by atoms with Gasteiger partial charge in [-0.3, -0.25) is 4.99 Å². The van der Waals surface area contributed by atoms with E-state index in [0.29, 0.717) is 6.54 Å². The first-order valence-corrected chi connectivity index (χ1v) is 9.28. The zero-order chi connectivity index (χ0) is 19.8. The summed E-state index contributed by atoms with van der Waals surface area (Å²) in [5.41, 5.74) is 4.23. The molecule has 0 amide bonds. The van der Waals surface area contributed by atoms with Crippen LogP contribution in [-0.4, -0.2) is 31.8 Å². The van der Waals surface area contributed by atoms with E-state index in [2.05, 4.69) is 39.8 Å². The maximum atomic E-state index is 5.44. The molecule has 6 nitrogen and oxygen atoms in total. The Bertz CT molecular complexity index is 919. The molecule has 1 aromatic heterocycles. The number of benzene rings is 2. The van der Waals surface area contributed by atoms with Crippen molar-refractivity contribution in [3.05, 3.63) is 71.4 Å². The van der Waals surface area contributed by atoms with Crippen LogP contribution in [0.3, 0.4) is 0 Å². The summed E-state index contributed by atoms with van der Waals surface area (Å²) in [4.78, 5) is 4.26. The Morgan fingerprint density at radius 1 is 1.11 bits per heavy atom. The van der Waals surface area contributed by atoms with Crippen molar-refractivity contribution in [3.63, 3.8) is 0 Å². The van der Waals surface area contributed by atoms with Crippen molar-refractivity contribution in [3.8, 4) is 17.1 Å². The lowest BCUT2D eigenvalue weighted by molar-refractivity contribution is 0.409. The molecule has 0 atom stereocenters. The van der Waals surface area contributed by atoms with Crippen LogP contribution >= 0.6 is 0 Å². The van der Waals surface area contributed by atoms with E-state index in [9.17, 15) is 0 Å². The molecule has 6 heteroatoms. The number of aryl methyl sites for hydroxylation is 1. The molecule has 28 heavy (non-hydrogen) atoms. The fraction of sp³-hybridized carbons (Fsp3) is 0.273. The van der Waals surface area contributed by atoms with Crippen molar-refractivity contribution in [2.45, 2.75) is 19.9 Å². The highest BCUT2D eigenvalue weighted by molar-refractivity contribution is 5.79. The van der Waals surface area contributed by atoms with Gasteiger partial charge in [0.05, 0.1) is 13.7 Å². The number of nitrogens with one attached hydrogen (secondary N) is 2. The second kappa shape index (κ2) is 9.60. The van der Waals surface area contributed by atoms with Crippen molar-refractivity contribution in [1.29, 1.82) is 0 Å². The number of hydrogen-bond acceptors (Lipinski definition) is 4. The van der Waals surface area contributed by atoms with Gasteiger partial charge < -0.3 is 19.9 Å². The van der Waals surface area contributed by atoms with E-state index in [4.69, 9.17) is 9.26 Å². The van der Waals surface area contributed by atoms with Crippen molar-refractivity contribution in [2.75, 3.05) is 20.7 Å². The molecule has 0 fully saturated rings. The lowest BCUT2D eigenvalue weighted by Gasteiger charge is -2.13. The smallest absolute Gasteiger partial charge is 0.191 e. The van der Waals surface area contributed by atoms with Crippen LogP contribution < -0.4 is 15.4 Å². The molecule has 0 aliphatic heterocycles. The monoisotopic (exact) mass is 378 g/mol. The molecular formula is C22H26N4O2. The van der Waals surface area contributed by atoms with E-state index in [1.165, 1.54) is 11.1 Å². The SMILES string of the molecule is CN=C(NCCc1cc(C)ccc1OC)NCc1cc(-c2ccccc2)on1. The number of hydrogen-bond donors (Lipinski definition) is 2. The van der Waals surface area contributed by atoms with Gasteiger partial charge >= 0.3 is 0 Å². The van der Waals surface area contributed by atoms with E-state index >= 15 is 0 Å². The third kappa shape index (κ3) is 5.13. The van der Waals surface area contributed by atoms with Crippen LogP contribution in [-0.2, 0) is 13.0 Å². The number of aliphatic imine (C=N–C) groups is 1. The van der Waals surface area contributed by atoms with E-state index in [1.54, 1.807) is 14.2 Å². The van der Waals surface area contributed by atoms with Crippen LogP contribution in [0.5, 0.6) is 5.75 Å². The molecule has 146 valence electrons. The van der Waals surface area contributed by atoms with Gasteiger partial charge in [-0.05, 0) is 25.0 Å². The topological polar surface area (TPSA) is 71.7 Å². The van der Waals surface area contributed by atoms with Crippen LogP contribution in [0.15, 0.2) is 64.1 Å². The van der Waals surface area contributed by atoms with E-state index in [1.807, 2.05) is 42.5 Å². The minimum Gasteiger partial charge on any atom is -0.496 e. The van der Waals surface area contributed by atoms with Gasteiger partial charge in [0.25, 0.3) is 0 Å². The lowest BCUT2D eigenvalue weighted by Crippen LogP contribution is -2.37. The van der Waals surface area contributed by atoms with Gasteiger partial charge in [0.1, 0.15) is 11.4 Å². The Labute approximate surface area is 165 Å². The first kappa shape index (κ1) is 19.5. The lowest BCUT2D eigenvalue weighted by atomic mass is 10.1. The molecule has 1 heterocycles. The van der Waals surface area contributed by atoms with Crippen molar-refractivity contribution >= 4 is 5.96 Å². The van der Waals surface area contributed by atoms with Crippen LogP contribution in [0, 0.1) is 6.92 Å². The first-order chi connectivity index (χ1) is 13.7. The third-order valence-electron chi connectivity index (χ3n) is 4.40. The molecule has 0 radical (unpaired) electrons. The van der Waals surface area contributed by atoms with Crippen LogP contribution in [0.2, 0.25) is 0 Å². The minimum absolute atomic E-state index is 0.532. The van der Waals surface area contributed by atoms with Gasteiger partial charge in [-0.25, -0.2) is 0 Å². The highest BCUT2D eigenvalue weighted by Gasteiger charge is 2.08. The largest absolute Gasteiger partial charge is 0.496 e. The maximum absolute atomic E-state index is 5.44. The number of guanidine groups is 1. The summed E-state index contributed by atoms with van der Waals surface area (Å²) < 4.78 is 10.9. The molecule has 0 unspecified atom stereocenters. The molecular weight excluding hydrogens is 352 g/mol. The Morgan fingerprint density at radius 3 is 2.68 bits per heavy atom. The van der Waals surface area contributed by atoms with Gasteiger partial charge in [0, 0.05) is 25.2 Å². The van der Waals surface area contributed by atoms with Crippen molar-refractivity contribution < 1.29 is 9.26 Å². The summed E-state index contributed by atoms with van der Waals surface area (Å²) in [7, 11) is 3.45. The van der Waals surface area contributed by atoms with E-state index in [-0.39, 0.29) is 0 Å². The number of methoxy groups -OCH3 is 1. The molecule has 0 aliphatic rings. The Morgan fingerprint density at radius 2 is 1.93 bits per heavy atom. The Kier molecular flexibility index (Phi) is 6.68. The summed E-state index contributed by atoms with van der Waals surface area (Å²) in [6.07, 6.45) is 0.841. The summed E-state index contributed by atoms with van der Waals surface area (Å²) >= 11 is 0. The average Bonchev–Trinajstić information content (AvgIpc) is 3.20. The fourth-order valence-corrected chi connectivity index (χ4v) is 2.95. The van der Waals surface area contributed by atoms with Crippen LogP contribution in [0.1, 0.15) is 16.8 Å². The highest BCUT2D eigenvalue weighted by atomic mass is 16.5. The summed E-state index contributed by atoms with van der Waals surface area (Å²) in [5.74, 6) is 2.38. The molecule has 0 bridgehead atoms. The fourth-order valence-electron chi connectivity index (χ4n) is 2.95. The third-order valence-corrected chi connectivity index (χ3v) is 4.40. The number of ether oxygens (including phenoxy) is 1. The van der Waals surface area contributed by atoms with Crippen molar-refractivity contribution in [2.24, 2.45) is 4.99 Å². The predicted molar refractivity (Wildman–Crippen MR) is 112 cm³/mol. The Balaban J connectivity index is 1.50. The van der Waals surface area contributed by atoms with Gasteiger partial charge in [0.2, 0.25) is 0 Å². The molecule has 0 spiro atoms. The first-order valence-electron chi connectivity index (χ1n) is 9.28. The summed E-state index contributed by atoms with van der Waals surface area (Å²) in [6.45, 7) is 3.36. The molecule has 3 aromatic rings. The number of aromatic nitrogens is 1. The predicted octanol–water partition coefficient (Wildman–Crippen LogP) is 3.57. The van der Waals surface area contributed by atoms with Gasteiger partial charge in [-0.15, -0.1) is 0 Å². The normalized spacial score (nSPS) is 11.3. The summed E-state index contributed by atoms with van der Waals surface area (Å²) in [6, 6.07) is 18.1. The molecule has 2 N–H and O–H groups in total. The van der Waals surface area contributed by atoms with Gasteiger partial charge in [-0.2, -0.15) is 0 Å². The molecule has 0 saturated heterocycles. The maximum Gasteiger partial charge on any atom is 0.191 e. The highest BCUT2D eigenvalue weighted by Crippen LogP contribution is 2.20. The van der Waals surface area contributed by atoms with E-state index in [0.717, 1.165) is 41.7 Å². The number of rotatable bonds is 7. The van der Waals surface area contributed by atoms with E-state index < -0.39 is 0 Å². The second-order valence-electron chi connectivity index (χ2n) is 6.47. The zero-order valence-corrected chi connectivity index (χ0v) is 16.5. The molecule has 0 saturated carbocycles. The second-order valence-corrected chi connectivity index (χ2v) is 6.47. The zero-order valence-electron chi connectivity index (χ0n) is 16.5. The molecule has 3 rings (SSSR count). The number of nitrogens with zero attached hydrogens (tertiary/aromatic N) is 2. The quantitative estimate of drug-likeness (QED) is 0.486. The van der Waals surface area contributed by atoms with Crippen molar-refractivity contribution in [1.82, 2.24) is 15.8 Å². The van der Waals surface area contributed by atoms with Gasteiger partial charge in [-0.1, -0.05) is 53.2 Å². The summed E-state index contributed by atoms with van der Waals surface area (Å²) in [5, 5.41) is 10.7. The average molecular weight is 378 g/mol. The van der Waals surface area contributed by atoms with Gasteiger partial charge in [0.15, 0.2) is 11.7 Å².